The summed E-state index contributed by atoms with van der Waals surface area (Å²) >= 11 is 0. The second kappa shape index (κ2) is 12.6. The number of hydrogen-bond acceptors (Lipinski definition) is 7. The highest BCUT2D eigenvalue weighted by atomic mass is 16.5. The van der Waals surface area contributed by atoms with Crippen molar-refractivity contribution in [3.05, 3.63) is 65.9 Å². The van der Waals surface area contributed by atoms with Crippen LogP contribution in [-0.4, -0.2) is 59.8 Å². The minimum atomic E-state index is -0.592. The molecule has 0 spiro atoms. The maximum Gasteiger partial charge on any atom is 0.274 e. The number of piperidine rings is 1. The molecule has 2 aromatic carbocycles. The molecule has 9 nitrogen and oxygen atoms in total. The third kappa shape index (κ3) is 7.03. The zero-order valence-corrected chi connectivity index (χ0v) is 23.0. The van der Waals surface area contributed by atoms with Gasteiger partial charge >= 0.3 is 0 Å². The summed E-state index contributed by atoms with van der Waals surface area (Å²) in [6.07, 6.45) is 7.26. The number of rotatable bonds is 11. The quantitative estimate of drug-likeness (QED) is 0.177. The summed E-state index contributed by atoms with van der Waals surface area (Å²) in [6.45, 7) is 6.32. The monoisotopic (exact) mass is 547 g/mol. The average molecular weight is 548 g/mol. The molecule has 1 aliphatic heterocycles. The molecule has 5 rings (SSSR count). The van der Waals surface area contributed by atoms with Gasteiger partial charge in [0.2, 0.25) is 5.91 Å². The summed E-state index contributed by atoms with van der Waals surface area (Å²) in [5.74, 6) is 1.22. The standard InChI is InChI=1S/C31H37N3O6/c1-3-23(19-38-25-8-4-21(5-9-25)31(36)33-37)32-30(35)16-20(2)29-18-22-17-27(10-11-28(22)40-29)39-26-12-14-34(15-13-26)24-6-7-24/h4-5,8-11,16-18,23-24,26,37H,3,6-7,12-15,19H2,1-2H3,(H,32,35)(H,33,36)/t23-/m0/s1. The normalized spacial score (nSPS) is 17.4. The van der Waals surface area contributed by atoms with E-state index >= 15 is 0 Å². The largest absolute Gasteiger partial charge is 0.491 e. The number of carbonyl (C=O) groups is 2. The molecule has 0 unspecified atom stereocenters. The lowest BCUT2D eigenvalue weighted by Crippen LogP contribution is -2.39. The van der Waals surface area contributed by atoms with Gasteiger partial charge in [-0.2, -0.15) is 0 Å². The Labute approximate surface area is 234 Å². The molecule has 1 atom stereocenters. The summed E-state index contributed by atoms with van der Waals surface area (Å²) < 4.78 is 18.1. The number of ether oxygens (including phenoxy) is 2. The molecule has 9 heteroatoms. The van der Waals surface area contributed by atoms with Gasteiger partial charge in [-0.05, 0) is 93.1 Å². The van der Waals surface area contributed by atoms with E-state index in [-0.39, 0.29) is 24.7 Å². The van der Waals surface area contributed by atoms with Gasteiger partial charge in [0.15, 0.2) is 0 Å². The van der Waals surface area contributed by atoms with Crippen LogP contribution < -0.4 is 20.3 Å². The third-order valence-corrected chi connectivity index (χ3v) is 7.58. The summed E-state index contributed by atoms with van der Waals surface area (Å²) in [6, 6.07) is 14.8. The minimum absolute atomic E-state index is 0.205. The number of likely N-dealkylation sites (tertiary alicyclic amines) is 1. The van der Waals surface area contributed by atoms with Crippen molar-refractivity contribution in [2.75, 3.05) is 19.7 Å². The van der Waals surface area contributed by atoms with Crippen LogP contribution in [0.3, 0.4) is 0 Å². The predicted molar refractivity (Wildman–Crippen MR) is 152 cm³/mol. The Balaban J connectivity index is 1.14. The Bertz CT molecular complexity index is 1350. The van der Waals surface area contributed by atoms with Crippen LogP contribution in [0.1, 0.15) is 62.1 Å². The van der Waals surface area contributed by atoms with Crippen molar-refractivity contribution in [2.24, 2.45) is 0 Å². The van der Waals surface area contributed by atoms with Gasteiger partial charge in [0.25, 0.3) is 5.91 Å². The molecular weight excluding hydrogens is 510 g/mol. The van der Waals surface area contributed by atoms with Crippen molar-refractivity contribution in [3.63, 3.8) is 0 Å². The number of furan rings is 1. The molecule has 2 heterocycles. The Morgan fingerprint density at radius 1 is 1.07 bits per heavy atom. The number of hydroxylamine groups is 1. The minimum Gasteiger partial charge on any atom is -0.491 e. The molecule has 0 radical (unpaired) electrons. The second-order valence-corrected chi connectivity index (χ2v) is 10.6. The zero-order valence-electron chi connectivity index (χ0n) is 23.0. The van der Waals surface area contributed by atoms with E-state index in [1.165, 1.54) is 18.9 Å². The van der Waals surface area contributed by atoms with Crippen LogP contribution in [0.4, 0.5) is 0 Å². The third-order valence-electron chi connectivity index (χ3n) is 7.58. The van der Waals surface area contributed by atoms with E-state index in [4.69, 9.17) is 19.1 Å². The van der Waals surface area contributed by atoms with E-state index in [0.717, 1.165) is 54.3 Å². The van der Waals surface area contributed by atoms with Crippen molar-refractivity contribution in [1.29, 1.82) is 0 Å². The molecule has 0 bridgehead atoms. The Morgan fingerprint density at radius 2 is 1.80 bits per heavy atom. The van der Waals surface area contributed by atoms with E-state index in [2.05, 4.69) is 10.2 Å². The van der Waals surface area contributed by atoms with Gasteiger partial charge in [0.05, 0.1) is 6.04 Å². The number of hydrogen-bond donors (Lipinski definition) is 3. The number of allylic oxidation sites excluding steroid dienone is 1. The highest BCUT2D eigenvalue weighted by Crippen LogP contribution is 2.32. The molecule has 3 N–H and O–H groups in total. The van der Waals surface area contributed by atoms with Gasteiger partial charge in [-0.1, -0.05) is 6.92 Å². The van der Waals surface area contributed by atoms with Crippen molar-refractivity contribution in [3.8, 4) is 11.5 Å². The molecule has 2 amide bonds. The Kier molecular flexibility index (Phi) is 8.72. The molecule has 1 saturated heterocycles. The fourth-order valence-corrected chi connectivity index (χ4v) is 5.02. The van der Waals surface area contributed by atoms with Gasteiger partial charge in [-0.15, -0.1) is 0 Å². The lowest BCUT2D eigenvalue weighted by atomic mass is 10.1. The fraction of sp³-hybridized carbons (Fsp3) is 0.419. The highest BCUT2D eigenvalue weighted by Gasteiger charge is 2.32. The predicted octanol–water partition coefficient (Wildman–Crippen LogP) is 4.93. The zero-order chi connectivity index (χ0) is 28.1. The van der Waals surface area contributed by atoms with Gasteiger partial charge in [0, 0.05) is 36.2 Å². The van der Waals surface area contributed by atoms with Crippen LogP contribution >= 0.6 is 0 Å². The molecule has 212 valence electrons. The Morgan fingerprint density at radius 3 is 2.48 bits per heavy atom. The van der Waals surface area contributed by atoms with Gasteiger partial charge < -0.3 is 24.1 Å². The second-order valence-electron chi connectivity index (χ2n) is 10.6. The molecule has 3 aromatic rings. The first-order valence-corrected chi connectivity index (χ1v) is 14.0. The smallest absolute Gasteiger partial charge is 0.274 e. The number of benzene rings is 2. The van der Waals surface area contributed by atoms with Crippen LogP contribution in [0, 0.1) is 0 Å². The summed E-state index contributed by atoms with van der Waals surface area (Å²) in [7, 11) is 0. The SMILES string of the molecule is CC[C@@H](COc1ccc(C(=O)NO)cc1)NC(=O)C=C(C)c1cc2cc(OC3CCN(C4CC4)CC3)ccc2o1. The summed E-state index contributed by atoms with van der Waals surface area (Å²) in [5.41, 5.74) is 3.38. The molecule has 1 saturated carbocycles. The number of amides is 2. The highest BCUT2D eigenvalue weighted by molar-refractivity contribution is 5.95. The van der Waals surface area contributed by atoms with Crippen molar-refractivity contribution in [1.82, 2.24) is 15.7 Å². The molecule has 1 aromatic heterocycles. The van der Waals surface area contributed by atoms with Gasteiger partial charge in [-0.25, -0.2) is 5.48 Å². The maximum atomic E-state index is 12.7. The van der Waals surface area contributed by atoms with Gasteiger partial charge in [-0.3, -0.25) is 14.8 Å². The molecular formula is C31H37N3O6. The number of nitrogens with one attached hydrogen (secondary N) is 2. The Hall–Kier alpha value is -3.82. The van der Waals surface area contributed by atoms with Crippen LogP contribution in [0.25, 0.3) is 16.5 Å². The van der Waals surface area contributed by atoms with Crippen molar-refractivity contribution >= 4 is 28.4 Å². The average Bonchev–Trinajstić information content (AvgIpc) is 3.73. The first-order valence-electron chi connectivity index (χ1n) is 14.0. The first-order chi connectivity index (χ1) is 19.4. The maximum absolute atomic E-state index is 12.7. The van der Waals surface area contributed by atoms with Gasteiger partial charge in [0.1, 0.15) is 35.6 Å². The van der Waals surface area contributed by atoms with E-state index < -0.39 is 5.91 Å². The van der Waals surface area contributed by atoms with Crippen LogP contribution in [-0.2, 0) is 4.79 Å². The lowest BCUT2D eigenvalue weighted by molar-refractivity contribution is -0.117. The molecule has 1 aliphatic carbocycles. The van der Waals surface area contributed by atoms with E-state index in [1.807, 2.05) is 38.1 Å². The molecule has 40 heavy (non-hydrogen) atoms. The lowest BCUT2D eigenvalue weighted by Gasteiger charge is -2.32. The summed E-state index contributed by atoms with van der Waals surface area (Å²) in [4.78, 5) is 26.8. The van der Waals surface area contributed by atoms with E-state index in [0.29, 0.717) is 23.5 Å². The van der Waals surface area contributed by atoms with Crippen LogP contribution in [0.2, 0.25) is 0 Å². The number of nitrogens with zero attached hydrogens (tertiary/aromatic N) is 1. The van der Waals surface area contributed by atoms with E-state index in [9.17, 15) is 9.59 Å². The summed E-state index contributed by atoms with van der Waals surface area (Å²) in [5, 5.41) is 12.6. The fourth-order valence-electron chi connectivity index (χ4n) is 5.02. The van der Waals surface area contributed by atoms with Crippen LogP contribution in [0.5, 0.6) is 11.5 Å². The van der Waals surface area contributed by atoms with E-state index in [1.54, 1.807) is 29.7 Å². The molecule has 2 fully saturated rings. The first kappa shape index (κ1) is 27.7. The van der Waals surface area contributed by atoms with Crippen molar-refractivity contribution in [2.45, 2.75) is 64.1 Å². The topological polar surface area (TPSA) is 113 Å². The van der Waals surface area contributed by atoms with Crippen molar-refractivity contribution < 1.29 is 28.7 Å². The number of carbonyl (C=O) groups excluding carboxylic acids is 2. The van der Waals surface area contributed by atoms with Crippen LogP contribution in [0.15, 0.2) is 59.0 Å². The number of fused-ring (bicyclic) bond motifs is 1. The molecule has 2 aliphatic rings.